The third-order valence-corrected chi connectivity index (χ3v) is 3.63. The maximum atomic E-state index is 12.8. The molecule has 1 aliphatic carbocycles. The molecule has 3 unspecified atom stereocenters. The van der Waals surface area contributed by atoms with Crippen molar-refractivity contribution in [1.29, 1.82) is 0 Å². The molecular formula is C18H40FN. The van der Waals surface area contributed by atoms with Crippen LogP contribution in [0, 0.1) is 17.8 Å². The highest BCUT2D eigenvalue weighted by atomic mass is 19.1. The molecule has 1 N–H and O–H groups in total. The summed E-state index contributed by atoms with van der Waals surface area (Å²) in [4.78, 5) is 0. The van der Waals surface area contributed by atoms with E-state index in [9.17, 15) is 4.39 Å². The van der Waals surface area contributed by atoms with E-state index in [-0.39, 0.29) is 0 Å². The minimum absolute atomic E-state index is 0.321. The maximum Gasteiger partial charge on any atom is 0.103 e. The van der Waals surface area contributed by atoms with E-state index >= 15 is 0 Å². The van der Waals surface area contributed by atoms with E-state index in [0.717, 1.165) is 25.3 Å². The highest BCUT2D eigenvalue weighted by Crippen LogP contribution is 2.30. The third-order valence-electron chi connectivity index (χ3n) is 3.63. The van der Waals surface area contributed by atoms with Crippen LogP contribution in [0.3, 0.4) is 0 Å². The van der Waals surface area contributed by atoms with E-state index in [0.29, 0.717) is 17.9 Å². The van der Waals surface area contributed by atoms with Crippen molar-refractivity contribution in [3.8, 4) is 0 Å². The van der Waals surface area contributed by atoms with Crippen LogP contribution in [-0.2, 0) is 0 Å². The van der Waals surface area contributed by atoms with Gasteiger partial charge in [-0.1, -0.05) is 61.8 Å². The summed E-state index contributed by atoms with van der Waals surface area (Å²) in [5.41, 5.74) is 0. The Bertz CT molecular complexity index is 184. The lowest BCUT2D eigenvalue weighted by Gasteiger charge is -2.26. The van der Waals surface area contributed by atoms with Crippen LogP contribution in [0.1, 0.15) is 81.1 Å². The Labute approximate surface area is 128 Å². The summed E-state index contributed by atoms with van der Waals surface area (Å²) >= 11 is 0. The molecule has 1 saturated carbocycles. The van der Waals surface area contributed by atoms with Gasteiger partial charge in [0.1, 0.15) is 6.17 Å². The fourth-order valence-electron chi connectivity index (χ4n) is 2.12. The van der Waals surface area contributed by atoms with Gasteiger partial charge in [-0.05, 0) is 43.6 Å². The average molecular weight is 290 g/mol. The summed E-state index contributed by atoms with van der Waals surface area (Å²) < 4.78 is 12.8. The van der Waals surface area contributed by atoms with Crippen molar-refractivity contribution in [2.75, 3.05) is 6.54 Å². The Morgan fingerprint density at radius 2 is 1.60 bits per heavy atom. The molecule has 0 bridgehead atoms. The van der Waals surface area contributed by atoms with Crippen LogP contribution in [0.5, 0.6) is 0 Å². The lowest BCUT2D eigenvalue weighted by molar-refractivity contribution is 0.145. The quantitative estimate of drug-likeness (QED) is 0.686. The first-order valence-corrected chi connectivity index (χ1v) is 8.70. The Hall–Kier alpha value is -0.110. The van der Waals surface area contributed by atoms with Crippen molar-refractivity contribution in [1.82, 2.24) is 5.32 Å². The van der Waals surface area contributed by atoms with E-state index in [1.54, 1.807) is 0 Å². The maximum absolute atomic E-state index is 12.8. The van der Waals surface area contributed by atoms with E-state index in [1.165, 1.54) is 12.8 Å². The molecule has 1 aliphatic rings. The van der Waals surface area contributed by atoms with E-state index < -0.39 is 6.17 Å². The predicted molar refractivity (Wildman–Crippen MR) is 91.0 cm³/mol. The Balaban J connectivity index is 0. The van der Waals surface area contributed by atoms with Crippen LogP contribution in [-0.4, -0.2) is 18.8 Å². The number of hydrogen-bond donors (Lipinski definition) is 1. The van der Waals surface area contributed by atoms with Gasteiger partial charge in [0.05, 0.1) is 0 Å². The molecule has 1 nitrogen and oxygen atoms in total. The van der Waals surface area contributed by atoms with Crippen LogP contribution in [0.25, 0.3) is 0 Å². The number of nitrogens with one attached hydrogen (secondary N) is 1. The Morgan fingerprint density at radius 3 is 1.95 bits per heavy atom. The minimum atomic E-state index is -0.520. The molecule has 0 aliphatic heterocycles. The first-order chi connectivity index (χ1) is 9.32. The molecule has 0 heterocycles. The van der Waals surface area contributed by atoms with Gasteiger partial charge in [-0.15, -0.1) is 0 Å². The molecule has 0 aromatic heterocycles. The summed E-state index contributed by atoms with van der Waals surface area (Å²) in [6.07, 6.45) is 3.87. The molecular weight excluding hydrogens is 249 g/mol. The largest absolute Gasteiger partial charge is 0.315 e. The monoisotopic (exact) mass is 289 g/mol. The first-order valence-electron chi connectivity index (χ1n) is 8.70. The zero-order valence-corrected chi connectivity index (χ0v) is 15.3. The lowest BCUT2D eigenvalue weighted by Crippen LogP contribution is -2.24. The minimum Gasteiger partial charge on any atom is -0.315 e. The van der Waals surface area contributed by atoms with Gasteiger partial charge in [-0.25, -0.2) is 4.39 Å². The van der Waals surface area contributed by atoms with E-state index in [2.05, 4.69) is 39.9 Å². The lowest BCUT2D eigenvalue weighted by atomic mass is 9.83. The molecule has 0 spiro atoms. The van der Waals surface area contributed by atoms with Gasteiger partial charge in [0.15, 0.2) is 0 Å². The fraction of sp³-hybridized carbons (Fsp3) is 1.00. The summed E-state index contributed by atoms with van der Waals surface area (Å²) in [6, 6.07) is 0.642. The van der Waals surface area contributed by atoms with Crippen molar-refractivity contribution >= 4 is 0 Å². The second kappa shape index (κ2) is 13.9. The van der Waals surface area contributed by atoms with Crippen LogP contribution in [0.4, 0.5) is 4.39 Å². The van der Waals surface area contributed by atoms with Gasteiger partial charge in [0.25, 0.3) is 0 Å². The van der Waals surface area contributed by atoms with E-state index in [4.69, 9.17) is 0 Å². The number of rotatable bonds is 4. The van der Waals surface area contributed by atoms with Gasteiger partial charge in [0.2, 0.25) is 0 Å². The first kappa shape index (κ1) is 22.2. The normalized spacial score (nSPS) is 25.6. The molecule has 0 aromatic carbocycles. The summed E-state index contributed by atoms with van der Waals surface area (Å²) in [5.74, 6) is 1.77. The molecule has 1 rings (SSSR count). The molecule has 0 saturated heterocycles. The standard InChI is InChI=1S/C8H15F.C8H19N.C2H6/c1-6-3-4-7(2)8(9)5-6;1-7(2)5-6-9-8(3)4;1-2/h6-8H,3-5H2,1-2H3;7-9H,5-6H2,1-4H3;1-2H3. The van der Waals surface area contributed by atoms with Gasteiger partial charge in [-0.3, -0.25) is 0 Å². The topological polar surface area (TPSA) is 12.0 Å². The molecule has 0 radical (unpaired) electrons. The fourth-order valence-corrected chi connectivity index (χ4v) is 2.12. The van der Waals surface area contributed by atoms with Gasteiger partial charge in [0, 0.05) is 6.04 Å². The number of halogens is 1. The average Bonchev–Trinajstić information content (AvgIpc) is 2.36. The van der Waals surface area contributed by atoms with Crippen molar-refractivity contribution in [3.63, 3.8) is 0 Å². The summed E-state index contributed by atoms with van der Waals surface area (Å²) in [6.45, 7) is 18.2. The van der Waals surface area contributed by atoms with Crippen molar-refractivity contribution < 1.29 is 4.39 Å². The van der Waals surface area contributed by atoms with E-state index in [1.807, 2.05) is 20.8 Å². The number of hydrogen-bond acceptors (Lipinski definition) is 1. The van der Waals surface area contributed by atoms with Crippen LogP contribution in [0.15, 0.2) is 0 Å². The van der Waals surface area contributed by atoms with Crippen LogP contribution in [0.2, 0.25) is 0 Å². The Kier molecular flexibility index (Phi) is 15.4. The molecule has 3 atom stereocenters. The molecule has 124 valence electrons. The highest BCUT2D eigenvalue weighted by Gasteiger charge is 2.24. The molecule has 2 heteroatoms. The predicted octanol–water partition coefficient (Wildman–Crippen LogP) is 5.84. The summed E-state index contributed by atoms with van der Waals surface area (Å²) in [5, 5.41) is 3.38. The van der Waals surface area contributed by atoms with Crippen LogP contribution < -0.4 is 5.32 Å². The van der Waals surface area contributed by atoms with Crippen molar-refractivity contribution in [2.45, 2.75) is 93.3 Å². The van der Waals surface area contributed by atoms with Gasteiger partial charge in [-0.2, -0.15) is 0 Å². The zero-order chi connectivity index (χ0) is 16.1. The second-order valence-electron chi connectivity index (χ2n) is 6.70. The number of alkyl halides is 1. The molecule has 20 heavy (non-hydrogen) atoms. The third kappa shape index (κ3) is 14.3. The van der Waals surface area contributed by atoms with Crippen molar-refractivity contribution in [2.24, 2.45) is 17.8 Å². The summed E-state index contributed by atoms with van der Waals surface area (Å²) in [7, 11) is 0. The zero-order valence-electron chi connectivity index (χ0n) is 15.3. The second-order valence-corrected chi connectivity index (χ2v) is 6.70. The SMILES string of the molecule is CC.CC(C)CCNC(C)C.CC1CCC(C)C(F)C1. The molecule has 1 fully saturated rings. The van der Waals surface area contributed by atoms with Gasteiger partial charge < -0.3 is 5.32 Å². The highest BCUT2D eigenvalue weighted by molar-refractivity contribution is 4.74. The van der Waals surface area contributed by atoms with Crippen molar-refractivity contribution in [3.05, 3.63) is 0 Å². The molecule has 0 amide bonds. The molecule has 0 aromatic rings. The smallest absolute Gasteiger partial charge is 0.103 e. The Morgan fingerprint density at radius 1 is 1.05 bits per heavy atom. The van der Waals surface area contributed by atoms with Gasteiger partial charge >= 0.3 is 0 Å². The van der Waals surface area contributed by atoms with Crippen LogP contribution >= 0.6 is 0 Å².